The van der Waals surface area contributed by atoms with Crippen molar-refractivity contribution in [1.82, 2.24) is 0 Å². The minimum Gasteiger partial charge on any atom is -0.350 e. The van der Waals surface area contributed by atoms with Gasteiger partial charge in [0, 0.05) is 6.42 Å². The normalized spacial score (nSPS) is 35.5. The highest BCUT2D eigenvalue weighted by atomic mass is 16.7. The van der Waals surface area contributed by atoms with Crippen LogP contribution in [-0.2, 0) is 9.47 Å². The fourth-order valence-corrected chi connectivity index (χ4v) is 3.67. The lowest BCUT2D eigenvalue weighted by atomic mass is 9.71. The van der Waals surface area contributed by atoms with Gasteiger partial charge in [-0.15, -0.1) is 0 Å². The summed E-state index contributed by atoms with van der Waals surface area (Å²) in [4.78, 5) is 0. The minimum absolute atomic E-state index is 0.327. The van der Waals surface area contributed by atoms with Crippen molar-refractivity contribution in [2.75, 3.05) is 6.61 Å². The monoisotopic (exact) mass is 266 g/mol. The average molecular weight is 266 g/mol. The summed E-state index contributed by atoms with van der Waals surface area (Å²) in [6, 6.07) is 0. The molecule has 0 saturated carbocycles. The summed E-state index contributed by atoms with van der Waals surface area (Å²) in [5.41, 5.74) is 3.60. The van der Waals surface area contributed by atoms with Crippen LogP contribution in [0, 0.1) is 5.41 Å². The molecule has 19 heavy (non-hydrogen) atoms. The Hall–Kier alpha value is -0.340. The second-order valence-electron chi connectivity index (χ2n) is 7.20. The second-order valence-corrected chi connectivity index (χ2v) is 7.20. The van der Waals surface area contributed by atoms with Gasteiger partial charge in [0.25, 0.3) is 0 Å². The maximum atomic E-state index is 6.02. The van der Waals surface area contributed by atoms with Crippen LogP contribution in [0.15, 0.2) is 11.1 Å². The van der Waals surface area contributed by atoms with E-state index in [1.165, 1.54) is 19.3 Å². The van der Waals surface area contributed by atoms with E-state index < -0.39 is 0 Å². The zero-order valence-corrected chi connectivity index (χ0v) is 13.3. The molecular formula is C17H30O2. The van der Waals surface area contributed by atoms with Crippen molar-refractivity contribution in [3.63, 3.8) is 0 Å². The number of hydrogen-bond acceptors (Lipinski definition) is 2. The van der Waals surface area contributed by atoms with Crippen LogP contribution in [0.5, 0.6) is 0 Å². The molecule has 2 aliphatic rings. The van der Waals surface area contributed by atoms with Crippen LogP contribution in [0.25, 0.3) is 0 Å². The molecule has 2 atom stereocenters. The summed E-state index contributed by atoms with van der Waals surface area (Å²) in [5.74, 6) is -0.377. The summed E-state index contributed by atoms with van der Waals surface area (Å²) in [6.07, 6.45) is 7.36. The standard InChI is InChI=1S/C17H30O2/c1-13-7-6-10-16(3,4)15(13)8-11-17(5)18-12-9-14(2)19-17/h14H,6-12H2,1-5H3. The van der Waals surface area contributed by atoms with Gasteiger partial charge in [-0.2, -0.15) is 0 Å². The van der Waals surface area contributed by atoms with Crippen molar-refractivity contribution in [3.8, 4) is 0 Å². The zero-order chi connectivity index (χ0) is 14.1. The van der Waals surface area contributed by atoms with Gasteiger partial charge in [-0.05, 0) is 58.3 Å². The summed E-state index contributed by atoms with van der Waals surface area (Å²) in [5, 5.41) is 0. The molecule has 1 saturated heterocycles. The van der Waals surface area contributed by atoms with Crippen LogP contribution in [0.2, 0.25) is 0 Å². The van der Waals surface area contributed by atoms with E-state index in [1.807, 2.05) is 0 Å². The highest BCUT2D eigenvalue weighted by Crippen LogP contribution is 2.43. The molecule has 2 nitrogen and oxygen atoms in total. The van der Waals surface area contributed by atoms with Crippen LogP contribution < -0.4 is 0 Å². The Balaban J connectivity index is 2.01. The smallest absolute Gasteiger partial charge is 0.166 e. The van der Waals surface area contributed by atoms with Crippen molar-refractivity contribution in [2.45, 2.75) is 85.0 Å². The van der Waals surface area contributed by atoms with Crippen molar-refractivity contribution < 1.29 is 9.47 Å². The first kappa shape index (κ1) is 15.1. The van der Waals surface area contributed by atoms with Crippen LogP contribution in [-0.4, -0.2) is 18.5 Å². The number of allylic oxidation sites excluding steroid dienone is 2. The van der Waals surface area contributed by atoms with Gasteiger partial charge in [0.05, 0.1) is 12.7 Å². The van der Waals surface area contributed by atoms with E-state index in [0.29, 0.717) is 11.5 Å². The maximum Gasteiger partial charge on any atom is 0.166 e. The molecular weight excluding hydrogens is 236 g/mol. The Kier molecular flexibility index (Phi) is 4.42. The fourth-order valence-electron chi connectivity index (χ4n) is 3.67. The average Bonchev–Trinajstić information content (AvgIpc) is 2.26. The Labute approximate surface area is 118 Å². The largest absolute Gasteiger partial charge is 0.350 e. The third-order valence-electron chi connectivity index (χ3n) is 4.90. The zero-order valence-electron chi connectivity index (χ0n) is 13.3. The Morgan fingerprint density at radius 2 is 2.00 bits per heavy atom. The van der Waals surface area contributed by atoms with Crippen molar-refractivity contribution >= 4 is 0 Å². The summed E-state index contributed by atoms with van der Waals surface area (Å²) in [6.45, 7) is 12.2. The first-order valence-corrected chi connectivity index (χ1v) is 7.83. The van der Waals surface area contributed by atoms with E-state index in [0.717, 1.165) is 25.9 Å². The second kappa shape index (κ2) is 5.57. The molecule has 1 heterocycles. The van der Waals surface area contributed by atoms with E-state index >= 15 is 0 Å². The van der Waals surface area contributed by atoms with E-state index in [2.05, 4.69) is 34.6 Å². The lowest BCUT2D eigenvalue weighted by Gasteiger charge is -2.40. The summed E-state index contributed by atoms with van der Waals surface area (Å²) in [7, 11) is 0. The number of hydrogen-bond donors (Lipinski definition) is 0. The van der Waals surface area contributed by atoms with Gasteiger partial charge in [0.1, 0.15) is 0 Å². The molecule has 110 valence electrons. The molecule has 0 aromatic carbocycles. The molecule has 0 spiro atoms. The third-order valence-corrected chi connectivity index (χ3v) is 4.90. The molecule has 0 bridgehead atoms. The van der Waals surface area contributed by atoms with Crippen molar-refractivity contribution in [1.29, 1.82) is 0 Å². The molecule has 0 aromatic heterocycles. The predicted octanol–water partition coefficient (Wildman–Crippen LogP) is 4.83. The van der Waals surface area contributed by atoms with E-state index in [9.17, 15) is 0 Å². The first-order valence-electron chi connectivity index (χ1n) is 7.83. The molecule has 2 unspecified atom stereocenters. The molecule has 0 amide bonds. The van der Waals surface area contributed by atoms with E-state index in [-0.39, 0.29) is 5.79 Å². The fraction of sp³-hybridized carbons (Fsp3) is 0.882. The Bertz CT molecular complexity index is 356. The summed E-state index contributed by atoms with van der Waals surface area (Å²) >= 11 is 0. The van der Waals surface area contributed by atoms with Crippen molar-refractivity contribution in [2.24, 2.45) is 5.41 Å². The minimum atomic E-state index is -0.377. The van der Waals surface area contributed by atoms with Gasteiger partial charge in [0.15, 0.2) is 5.79 Å². The lowest BCUT2D eigenvalue weighted by Crippen LogP contribution is -2.41. The predicted molar refractivity (Wildman–Crippen MR) is 79.1 cm³/mol. The van der Waals surface area contributed by atoms with Crippen LogP contribution in [0.1, 0.15) is 73.1 Å². The molecule has 2 rings (SSSR count). The van der Waals surface area contributed by atoms with Crippen LogP contribution in [0.4, 0.5) is 0 Å². The van der Waals surface area contributed by atoms with Gasteiger partial charge >= 0.3 is 0 Å². The third kappa shape index (κ3) is 3.61. The summed E-state index contributed by atoms with van der Waals surface area (Å²) < 4.78 is 11.9. The quantitative estimate of drug-likeness (QED) is 0.681. The molecule has 2 heteroatoms. The Morgan fingerprint density at radius 1 is 1.26 bits per heavy atom. The highest BCUT2D eigenvalue weighted by Gasteiger charge is 2.35. The molecule has 0 N–H and O–H groups in total. The molecule has 0 radical (unpaired) electrons. The van der Waals surface area contributed by atoms with Crippen molar-refractivity contribution in [3.05, 3.63) is 11.1 Å². The van der Waals surface area contributed by atoms with Gasteiger partial charge < -0.3 is 9.47 Å². The SMILES string of the molecule is CC1=C(CCC2(C)OCCC(C)O2)C(C)(C)CCC1. The van der Waals surface area contributed by atoms with E-state index in [1.54, 1.807) is 11.1 Å². The van der Waals surface area contributed by atoms with Gasteiger partial charge in [-0.3, -0.25) is 0 Å². The van der Waals surface area contributed by atoms with Crippen LogP contribution in [0.3, 0.4) is 0 Å². The molecule has 1 fully saturated rings. The van der Waals surface area contributed by atoms with Gasteiger partial charge in [0.2, 0.25) is 0 Å². The number of ether oxygens (including phenoxy) is 2. The maximum absolute atomic E-state index is 6.02. The highest BCUT2D eigenvalue weighted by molar-refractivity contribution is 5.22. The van der Waals surface area contributed by atoms with E-state index in [4.69, 9.17) is 9.47 Å². The lowest BCUT2D eigenvalue weighted by molar-refractivity contribution is -0.282. The van der Waals surface area contributed by atoms with Crippen LogP contribution >= 0.6 is 0 Å². The van der Waals surface area contributed by atoms with Gasteiger partial charge in [-0.1, -0.05) is 25.0 Å². The number of rotatable bonds is 3. The molecule has 1 aliphatic heterocycles. The van der Waals surface area contributed by atoms with Gasteiger partial charge in [-0.25, -0.2) is 0 Å². The Morgan fingerprint density at radius 3 is 2.63 bits per heavy atom. The molecule has 1 aliphatic carbocycles. The molecule has 0 aromatic rings. The topological polar surface area (TPSA) is 18.5 Å². The first-order chi connectivity index (χ1) is 8.82.